The van der Waals surface area contributed by atoms with Gasteiger partial charge in [0.2, 0.25) is 0 Å². The van der Waals surface area contributed by atoms with Gasteiger partial charge >= 0.3 is 5.97 Å². The van der Waals surface area contributed by atoms with Crippen LogP contribution in [0.4, 0.5) is 0 Å². The first kappa shape index (κ1) is 12.5. The number of hydrogen-bond donors (Lipinski definition) is 1. The minimum atomic E-state index is -0.736. The summed E-state index contributed by atoms with van der Waals surface area (Å²) in [6.07, 6.45) is 11.3. The zero-order chi connectivity index (χ0) is 14.5. The number of benzene rings is 1. The Hall–Kier alpha value is -2.29. The number of allylic oxidation sites excluding steroid dienone is 2. The fraction of sp³-hybridized carbons (Fsp3) is 0.278. The van der Waals surface area contributed by atoms with Crippen LogP contribution in [0.5, 0.6) is 0 Å². The van der Waals surface area contributed by atoms with Crippen molar-refractivity contribution in [2.24, 2.45) is 0 Å². The largest absolute Gasteiger partial charge is 0.447 e. The summed E-state index contributed by atoms with van der Waals surface area (Å²) in [6, 6.07) is 8.37. The average molecular weight is 279 g/mol. The molecule has 1 N–H and O–H groups in total. The lowest BCUT2D eigenvalue weighted by Crippen LogP contribution is -2.62. The van der Waals surface area contributed by atoms with E-state index in [4.69, 9.17) is 4.74 Å². The first-order valence-electron chi connectivity index (χ1n) is 7.30. The number of carbonyl (C=O) groups is 1. The van der Waals surface area contributed by atoms with E-state index in [0.717, 1.165) is 18.7 Å². The molecule has 4 rings (SSSR count). The quantitative estimate of drug-likeness (QED) is 0.803. The van der Waals surface area contributed by atoms with Crippen LogP contribution in [0.2, 0.25) is 0 Å². The first-order chi connectivity index (χ1) is 10.2. The van der Waals surface area contributed by atoms with Crippen LogP contribution in [0.1, 0.15) is 24.5 Å². The smallest absolute Gasteiger partial charge is 0.303 e. The van der Waals surface area contributed by atoms with Gasteiger partial charge in [-0.15, -0.1) is 0 Å². The molecule has 106 valence electrons. The molecule has 0 aromatic heterocycles. The molecular formula is C18H17NO2. The van der Waals surface area contributed by atoms with Crippen molar-refractivity contribution in [1.29, 1.82) is 0 Å². The van der Waals surface area contributed by atoms with E-state index in [-0.39, 0.29) is 11.4 Å². The second-order valence-corrected chi connectivity index (χ2v) is 5.84. The van der Waals surface area contributed by atoms with Gasteiger partial charge in [-0.1, -0.05) is 42.5 Å². The van der Waals surface area contributed by atoms with E-state index < -0.39 is 5.60 Å². The molecule has 2 aliphatic carbocycles. The molecule has 1 heterocycles. The Bertz CT molecular complexity index is 716. The summed E-state index contributed by atoms with van der Waals surface area (Å²) in [5, 5.41) is 3.43. The van der Waals surface area contributed by atoms with Gasteiger partial charge in [-0.3, -0.25) is 4.79 Å². The van der Waals surface area contributed by atoms with Crippen LogP contribution in [0.3, 0.4) is 0 Å². The maximum atomic E-state index is 11.8. The summed E-state index contributed by atoms with van der Waals surface area (Å²) in [5.41, 5.74) is 2.36. The monoisotopic (exact) mass is 279 g/mol. The highest BCUT2D eigenvalue weighted by atomic mass is 16.6. The Kier molecular flexibility index (Phi) is 2.43. The van der Waals surface area contributed by atoms with E-state index in [1.54, 1.807) is 0 Å². The summed E-state index contributed by atoms with van der Waals surface area (Å²) in [7, 11) is 0. The Balaban J connectivity index is 2.04. The molecule has 21 heavy (non-hydrogen) atoms. The normalized spacial score (nSPS) is 31.6. The van der Waals surface area contributed by atoms with Crippen molar-refractivity contribution in [3.8, 4) is 0 Å². The van der Waals surface area contributed by atoms with Crippen LogP contribution < -0.4 is 5.32 Å². The number of nitrogens with one attached hydrogen (secondary N) is 1. The van der Waals surface area contributed by atoms with Crippen LogP contribution in [0, 0.1) is 0 Å². The van der Waals surface area contributed by atoms with E-state index in [0.29, 0.717) is 0 Å². The van der Waals surface area contributed by atoms with Crippen LogP contribution >= 0.6 is 0 Å². The zero-order valence-electron chi connectivity index (χ0n) is 11.9. The fourth-order valence-electron chi connectivity index (χ4n) is 3.98. The third-order valence-corrected chi connectivity index (χ3v) is 4.77. The summed E-state index contributed by atoms with van der Waals surface area (Å²) in [4.78, 5) is 11.8. The fourth-order valence-corrected chi connectivity index (χ4v) is 3.98. The molecule has 0 saturated carbocycles. The second kappa shape index (κ2) is 4.10. The number of esters is 1. The van der Waals surface area contributed by atoms with Crippen molar-refractivity contribution < 1.29 is 9.53 Å². The summed E-state index contributed by atoms with van der Waals surface area (Å²) >= 11 is 0. The van der Waals surface area contributed by atoms with Crippen LogP contribution in [-0.2, 0) is 14.9 Å². The van der Waals surface area contributed by atoms with Crippen molar-refractivity contribution in [3.05, 3.63) is 65.4 Å². The van der Waals surface area contributed by atoms with Gasteiger partial charge in [0.15, 0.2) is 5.60 Å². The zero-order valence-corrected chi connectivity index (χ0v) is 11.9. The van der Waals surface area contributed by atoms with Crippen molar-refractivity contribution in [1.82, 2.24) is 5.32 Å². The van der Waals surface area contributed by atoms with E-state index in [2.05, 4.69) is 41.7 Å². The number of hydrogen-bond acceptors (Lipinski definition) is 3. The number of carbonyl (C=O) groups excluding carboxylic acids is 1. The van der Waals surface area contributed by atoms with Gasteiger partial charge in [0.05, 0.1) is 11.1 Å². The number of fused-ring (bicyclic) bond motifs is 1. The Morgan fingerprint density at radius 2 is 2.05 bits per heavy atom. The summed E-state index contributed by atoms with van der Waals surface area (Å²) in [6.45, 7) is 2.35. The molecule has 1 saturated heterocycles. The van der Waals surface area contributed by atoms with E-state index >= 15 is 0 Å². The number of rotatable bonds is 1. The van der Waals surface area contributed by atoms with Gasteiger partial charge in [0.1, 0.15) is 0 Å². The molecule has 0 spiro atoms. The Labute approximate surface area is 124 Å². The number of piperidine rings is 1. The molecule has 1 aliphatic heterocycles. The van der Waals surface area contributed by atoms with Crippen molar-refractivity contribution >= 4 is 12.0 Å². The predicted molar refractivity (Wildman–Crippen MR) is 81.5 cm³/mol. The molecule has 2 unspecified atom stereocenters. The summed E-state index contributed by atoms with van der Waals surface area (Å²) in [5.74, 6) is -0.256. The maximum absolute atomic E-state index is 11.8. The Morgan fingerprint density at radius 1 is 1.24 bits per heavy atom. The highest BCUT2D eigenvalue weighted by molar-refractivity contribution is 5.75. The topological polar surface area (TPSA) is 38.3 Å². The van der Waals surface area contributed by atoms with Crippen LogP contribution in [-0.4, -0.2) is 18.1 Å². The molecule has 2 atom stereocenters. The van der Waals surface area contributed by atoms with E-state index in [1.807, 2.05) is 18.2 Å². The molecular weight excluding hydrogens is 262 g/mol. The molecule has 0 radical (unpaired) electrons. The van der Waals surface area contributed by atoms with Gasteiger partial charge < -0.3 is 10.1 Å². The highest BCUT2D eigenvalue weighted by Crippen LogP contribution is 2.54. The predicted octanol–water partition coefficient (Wildman–Crippen LogP) is 2.70. The van der Waals surface area contributed by atoms with E-state index in [1.165, 1.54) is 18.1 Å². The van der Waals surface area contributed by atoms with Crippen molar-refractivity contribution in [2.45, 2.75) is 24.4 Å². The first-order valence-corrected chi connectivity index (χ1v) is 7.30. The van der Waals surface area contributed by atoms with Crippen LogP contribution in [0.25, 0.3) is 6.08 Å². The molecule has 3 aliphatic rings. The molecule has 2 bridgehead atoms. The van der Waals surface area contributed by atoms with Gasteiger partial charge in [-0.05, 0) is 29.7 Å². The van der Waals surface area contributed by atoms with Gasteiger partial charge in [-0.25, -0.2) is 0 Å². The SMILES string of the molecule is CC(=O)OC12C=CC=CC13CCNC2=Cc1ccccc13. The molecule has 1 fully saturated rings. The lowest BCUT2D eigenvalue weighted by molar-refractivity contribution is -0.155. The van der Waals surface area contributed by atoms with Crippen molar-refractivity contribution in [2.75, 3.05) is 6.54 Å². The lowest BCUT2D eigenvalue weighted by atomic mass is 9.56. The van der Waals surface area contributed by atoms with Crippen molar-refractivity contribution in [3.63, 3.8) is 0 Å². The van der Waals surface area contributed by atoms with Gasteiger partial charge in [0.25, 0.3) is 0 Å². The number of ether oxygens (including phenoxy) is 1. The highest BCUT2D eigenvalue weighted by Gasteiger charge is 2.59. The van der Waals surface area contributed by atoms with Gasteiger partial charge in [-0.2, -0.15) is 0 Å². The van der Waals surface area contributed by atoms with Gasteiger partial charge in [0, 0.05) is 13.5 Å². The molecule has 3 heteroatoms. The Morgan fingerprint density at radius 3 is 2.90 bits per heavy atom. The minimum Gasteiger partial charge on any atom is -0.447 e. The second-order valence-electron chi connectivity index (χ2n) is 5.84. The van der Waals surface area contributed by atoms with Crippen LogP contribution in [0.15, 0.2) is 54.3 Å². The average Bonchev–Trinajstić information content (AvgIpc) is 2.46. The molecule has 0 amide bonds. The molecule has 3 nitrogen and oxygen atoms in total. The minimum absolute atomic E-state index is 0.256. The van der Waals surface area contributed by atoms with E-state index in [9.17, 15) is 4.79 Å². The third kappa shape index (κ3) is 1.46. The standard InChI is InChI=1S/C18H17NO2/c1-13(20)21-18-9-5-4-8-17(18)10-11-19-16(18)12-14-6-2-3-7-15(14)17/h2-9,12,19H,10-11H2,1H3. The summed E-state index contributed by atoms with van der Waals surface area (Å²) < 4.78 is 5.89. The molecule has 1 aromatic carbocycles. The lowest BCUT2D eigenvalue weighted by Gasteiger charge is -2.55. The third-order valence-electron chi connectivity index (χ3n) is 4.77. The molecule has 1 aromatic rings. The maximum Gasteiger partial charge on any atom is 0.303 e.